The lowest BCUT2D eigenvalue weighted by Crippen LogP contribution is -2.21. The molecule has 3 rings (SSSR count). The van der Waals surface area contributed by atoms with Gasteiger partial charge in [-0.3, -0.25) is 4.90 Å². The molecule has 1 aliphatic carbocycles. The summed E-state index contributed by atoms with van der Waals surface area (Å²) in [4.78, 5) is 2.37. The van der Waals surface area contributed by atoms with Gasteiger partial charge in [0.2, 0.25) is 0 Å². The van der Waals surface area contributed by atoms with Crippen molar-refractivity contribution < 1.29 is 5.11 Å². The molecule has 1 saturated heterocycles. The molecule has 1 aromatic carbocycles. The van der Waals surface area contributed by atoms with Crippen molar-refractivity contribution in [2.75, 3.05) is 20.1 Å². The van der Waals surface area contributed by atoms with E-state index in [4.69, 9.17) is 5.73 Å². The maximum Gasteiger partial charge on any atom is 0.134 e. The number of aryl methyl sites for hydroxylation is 1. The number of rotatable bonds is 2. The third kappa shape index (κ3) is 2.86. The first kappa shape index (κ1) is 15.3. The van der Waals surface area contributed by atoms with Crippen LogP contribution in [-0.2, 0) is 12.8 Å². The van der Waals surface area contributed by atoms with Gasteiger partial charge in [-0.1, -0.05) is 6.42 Å². The number of hydrogen-bond donors (Lipinski definition) is 2. The van der Waals surface area contributed by atoms with Crippen LogP contribution in [0.15, 0.2) is 10.5 Å². The van der Waals surface area contributed by atoms with Gasteiger partial charge in [0.15, 0.2) is 0 Å². The number of fused-ring (bicyclic) bond motifs is 1. The van der Waals surface area contributed by atoms with Crippen molar-refractivity contribution in [2.24, 2.45) is 11.7 Å². The van der Waals surface area contributed by atoms with Gasteiger partial charge in [0.1, 0.15) is 5.75 Å². The van der Waals surface area contributed by atoms with Crippen molar-refractivity contribution in [1.29, 1.82) is 0 Å². The Balaban J connectivity index is 2.06. The minimum Gasteiger partial charge on any atom is -0.506 e. The van der Waals surface area contributed by atoms with Crippen LogP contribution in [-0.4, -0.2) is 30.1 Å². The molecule has 0 amide bonds. The van der Waals surface area contributed by atoms with Crippen molar-refractivity contribution >= 4 is 15.9 Å². The Kier molecular flexibility index (Phi) is 4.57. The highest BCUT2D eigenvalue weighted by Gasteiger charge is 2.34. The number of nitrogens with zero attached hydrogens (tertiary/aromatic N) is 1. The highest BCUT2D eigenvalue weighted by atomic mass is 79.9. The van der Waals surface area contributed by atoms with E-state index in [1.165, 1.54) is 36.0 Å². The fourth-order valence-corrected chi connectivity index (χ4v) is 4.53. The molecular weight excluding hydrogens is 328 g/mol. The van der Waals surface area contributed by atoms with E-state index in [-0.39, 0.29) is 0 Å². The van der Waals surface area contributed by atoms with E-state index in [9.17, 15) is 5.11 Å². The average molecular weight is 353 g/mol. The summed E-state index contributed by atoms with van der Waals surface area (Å²) in [6.45, 7) is 1.76. The first-order valence-corrected chi connectivity index (χ1v) is 8.84. The Hall–Kier alpha value is -0.580. The van der Waals surface area contributed by atoms with Crippen LogP contribution in [0.25, 0.3) is 0 Å². The number of likely N-dealkylation sites (tertiary alicyclic amines) is 1. The molecule has 116 valence electrons. The predicted octanol–water partition coefficient (Wildman–Crippen LogP) is 3.38. The average Bonchev–Trinajstić information content (AvgIpc) is 2.68. The molecule has 1 aromatic rings. The number of phenolic OH excluding ortho intramolecular Hbond substituents is 1. The van der Waals surface area contributed by atoms with Gasteiger partial charge in [-0.15, -0.1) is 0 Å². The minimum absolute atomic E-state index is 0.308. The Morgan fingerprint density at radius 2 is 2.10 bits per heavy atom. The number of nitrogens with two attached hydrogens (primary N) is 1. The summed E-state index contributed by atoms with van der Waals surface area (Å²) in [5, 5.41) is 10.7. The molecule has 1 heterocycles. The molecule has 1 fully saturated rings. The van der Waals surface area contributed by atoms with Gasteiger partial charge in [0.25, 0.3) is 0 Å². The molecule has 0 bridgehead atoms. The molecule has 3 N–H and O–H groups in total. The zero-order valence-electron chi connectivity index (χ0n) is 12.7. The topological polar surface area (TPSA) is 49.5 Å². The quantitative estimate of drug-likeness (QED) is 0.802. The van der Waals surface area contributed by atoms with Crippen LogP contribution in [0.2, 0.25) is 0 Å². The van der Waals surface area contributed by atoms with E-state index in [1.807, 2.05) is 0 Å². The second-order valence-electron chi connectivity index (χ2n) is 6.61. The Bertz CT molecular complexity index is 532. The van der Waals surface area contributed by atoms with Crippen molar-refractivity contribution in [1.82, 2.24) is 4.90 Å². The van der Waals surface area contributed by atoms with E-state index >= 15 is 0 Å². The molecule has 2 aliphatic rings. The fraction of sp³-hybridized carbons (Fsp3) is 0.647. The highest BCUT2D eigenvalue weighted by molar-refractivity contribution is 9.10. The zero-order valence-corrected chi connectivity index (χ0v) is 14.3. The van der Waals surface area contributed by atoms with Gasteiger partial charge < -0.3 is 10.8 Å². The summed E-state index contributed by atoms with van der Waals surface area (Å²) >= 11 is 3.56. The third-order valence-electron chi connectivity index (χ3n) is 5.17. The minimum atomic E-state index is 0.308. The number of benzene rings is 1. The molecular formula is C17H25BrN2O. The lowest BCUT2D eigenvalue weighted by atomic mass is 9.89. The van der Waals surface area contributed by atoms with Crippen LogP contribution in [0.3, 0.4) is 0 Å². The molecule has 0 aromatic heterocycles. The fourth-order valence-electron chi connectivity index (χ4n) is 4.04. The van der Waals surface area contributed by atoms with Crippen LogP contribution < -0.4 is 5.73 Å². The summed E-state index contributed by atoms with van der Waals surface area (Å²) in [6.07, 6.45) is 7.08. The standard InChI is InChI=1S/C17H25BrN2O/c1-20-10-11(9-19)7-15(20)16-13-6-4-2-3-5-12(13)8-14(18)17(16)21/h8,11,15,21H,2-7,9-10,19H2,1H3. The third-order valence-corrected chi connectivity index (χ3v) is 5.77. The normalized spacial score (nSPS) is 26.6. The lowest BCUT2D eigenvalue weighted by molar-refractivity contribution is 0.303. The van der Waals surface area contributed by atoms with Gasteiger partial charge >= 0.3 is 0 Å². The second kappa shape index (κ2) is 6.27. The smallest absolute Gasteiger partial charge is 0.134 e. The molecule has 2 unspecified atom stereocenters. The van der Waals surface area contributed by atoms with Gasteiger partial charge in [-0.05, 0) is 84.7 Å². The molecule has 0 radical (unpaired) electrons. The van der Waals surface area contributed by atoms with Crippen molar-refractivity contribution in [3.63, 3.8) is 0 Å². The SMILES string of the molecule is CN1CC(CN)CC1c1c(O)c(Br)cc2c1CCCCC2. The molecule has 4 heteroatoms. The molecule has 0 spiro atoms. The van der Waals surface area contributed by atoms with Crippen molar-refractivity contribution in [3.05, 3.63) is 27.2 Å². The summed E-state index contributed by atoms with van der Waals surface area (Å²) in [5.41, 5.74) is 9.87. The van der Waals surface area contributed by atoms with Gasteiger partial charge in [0, 0.05) is 18.2 Å². The summed E-state index contributed by atoms with van der Waals surface area (Å²) in [5.74, 6) is 0.991. The summed E-state index contributed by atoms with van der Waals surface area (Å²) in [7, 11) is 2.16. The first-order chi connectivity index (χ1) is 10.1. The van der Waals surface area contributed by atoms with E-state index < -0.39 is 0 Å². The van der Waals surface area contributed by atoms with Gasteiger partial charge in [0.05, 0.1) is 4.47 Å². The lowest BCUT2D eigenvalue weighted by Gasteiger charge is -2.25. The van der Waals surface area contributed by atoms with E-state index in [0.717, 1.165) is 36.8 Å². The number of aromatic hydroxyl groups is 1. The Labute approximate surface area is 135 Å². The maximum absolute atomic E-state index is 10.7. The molecule has 2 atom stereocenters. The monoisotopic (exact) mass is 352 g/mol. The molecule has 1 aliphatic heterocycles. The zero-order chi connectivity index (χ0) is 15.0. The number of hydrogen-bond acceptors (Lipinski definition) is 3. The molecule has 21 heavy (non-hydrogen) atoms. The predicted molar refractivity (Wildman–Crippen MR) is 89.6 cm³/mol. The first-order valence-electron chi connectivity index (χ1n) is 8.05. The highest BCUT2D eigenvalue weighted by Crippen LogP contribution is 2.45. The van der Waals surface area contributed by atoms with Crippen molar-refractivity contribution in [2.45, 2.75) is 44.6 Å². The molecule has 3 nitrogen and oxygen atoms in total. The summed E-state index contributed by atoms with van der Waals surface area (Å²) in [6, 6.07) is 2.44. The van der Waals surface area contributed by atoms with Crippen molar-refractivity contribution in [3.8, 4) is 5.75 Å². The van der Waals surface area contributed by atoms with Crippen LogP contribution in [0.5, 0.6) is 5.75 Å². The van der Waals surface area contributed by atoms with Gasteiger partial charge in [-0.2, -0.15) is 0 Å². The summed E-state index contributed by atoms with van der Waals surface area (Å²) < 4.78 is 0.850. The number of halogens is 1. The van der Waals surface area contributed by atoms with Crippen LogP contribution in [0, 0.1) is 5.92 Å². The van der Waals surface area contributed by atoms with Crippen LogP contribution in [0.1, 0.15) is 48.4 Å². The largest absolute Gasteiger partial charge is 0.506 e. The van der Waals surface area contributed by atoms with E-state index in [0.29, 0.717) is 17.7 Å². The Morgan fingerprint density at radius 3 is 2.81 bits per heavy atom. The van der Waals surface area contributed by atoms with Crippen LogP contribution in [0.4, 0.5) is 0 Å². The van der Waals surface area contributed by atoms with Gasteiger partial charge in [-0.25, -0.2) is 0 Å². The molecule has 0 saturated carbocycles. The maximum atomic E-state index is 10.7. The van der Waals surface area contributed by atoms with Crippen LogP contribution >= 0.6 is 15.9 Å². The number of phenols is 1. The van der Waals surface area contributed by atoms with E-state index in [1.54, 1.807) is 0 Å². The Morgan fingerprint density at radius 1 is 1.33 bits per heavy atom. The second-order valence-corrected chi connectivity index (χ2v) is 7.47. The van der Waals surface area contributed by atoms with E-state index in [2.05, 4.69) is 33.9 Å².